The summed E-state index contributed by atoms with van der Waals surface area (Å²) in [5.41, 5.74) is 6.95. The number of amides is 1. The van der Waals surface area contributed by atoms with Crippen molar-refractivity contribution < 1.29 is 17.9 Å². The number of anilines is 1. The monoisotopic (exact) mass is 457 g/mol. The van der Waals surface area contributed by atoms with Gasteiger partial charge in [0.25, 0.3) is 0 Å². The van der Waals surface area contributed by atoms with Crippen LogP contribution in [0, 0.1) is 5.92 Å². The van der Waals surface area contributed by atoms with E-state index in [1.165, 1.54) is 0 Å². The summed E-state index contributed by atoms with van der Waals surface area (Å²) in [6.45, 7) is 5.56. The van der Waals surface area contributed by atoms with Gasteiger partial charge in [-0.2, -0.15) is 8.42 Å². The molecule has 0 aliphatic carbocycles. The molecule has 1 amide bonds. The number of nitrogens with two attached hydrogens (primary N) is 1. The van der Waals surface area contributed by atoms with Crippen molar-refractivity contribution in [2.75, 3.05) is 24.4 Å². The van der Waals surface area contributed by atoms with Crippen molar-refractivity contribution in [2.45, 2.75) is 32.1 Å². The Kier molecular flexibility index (Phi) is 5.81. The van der Waals surface area contributed by atoms with Gasteiger partial charge in [-0.15, -0.1) is 4.40 Å². The Bertz CT molecular complexity index is 1150. The quantitative estimate of drug-likeness (QED) is 0.707. The number of benzene rings is 1. The molecule has 0 saturated carbocycles. The maximum atomic E-state index is 13.3. The summed E-state index contributed by atoms with van der Waals surface area (Å²) in [5, 5.41) is 0. The largest absolute Gasteiger partial charge is 0.492 e. The highest BCUT2D eigenvalue weighted by atomic mass is 32.2. The molecule has 10 heteroatoms. The highest BCUT2D eigenvalue weighted by molar-refractivity contribution is 7.91. The van der Waals surface area contributed by atoms with Crippen LogP contribution in [0.1, 0.15) is 37.8 Å². The minimum Gasteiger partial charge on any atom is -0.492 e. The van der Waals surface area contributed by atoms with Crippen molar-refractivity contribution >= 4 is 27.6 Å². The van der Waals surface area contributed by atoms with E-state index >= 15 is 0 Å². The van der Waals surface area contributed by atoms with Crippen LogP contribution in [0.5, 0.6) is 5.75 Å². The molecule has 3 heterocycles. The molecule has 0 bridgehead atoms. The van der Waals surface area contributed by atoms with Crippen LogP contribution in [0.3, 0.4) is 0 Å². The molecule has 0 radical (unpaired) electrons. The van der Waals surface area contributed by atoms with Crippen LogP contribution in [-0.2, 0) is 20.4 Å². The first kappa shape index (κ1) is 22.1. The van der Waals surface area contributed by atoms with Gasteiger partial charge in [-0.1, -0.05) is 6.07 Å². The first-order valence-electron chi connectivity index (χ1n) is 10.5. The van der Waals surface area contributed by atoms with Gasteiger partial charge in [0.1, 0.15) is 5.75 Å². The van der Waals surface area contributed by atoms with E-state index in [-0.39, 0.29) is 17.7 Å². The van der Waals surface area contributed by atoms with Crippen LogP contribution in [-0.4, -0.2) is 49.7 Å². The third kappa shape index (κ3) is 4.40. The number of hydrogen-bond donors (Lipinski definition) is 2. The lowest BCUT2D eigenvalue weighted by molar-refractivity contribution is -0.138. The Balaban J connectivity index is 1.45. The van der Waals surface area contributed by atoms with Crippen LogP contribution in [0.2, 0.25) is 0 Å². The van der Waals surface area contributed by atoms with E-state index in [1.54, 1.807) is 30.6 Å². The number of ether oxygens (including phenoxy) is 1. The van der Waals surface area contributed by atoms with Gasteiger partial charge in [0.2, 0.25) is 5.91 Å². The lowest BCUT2D eigenvalue weighted by Gasteiger charge is -2.37. The summed E-state index contributed by atoms with van der Waals surface area (Å²) < 4.78 is 35.5. The van der Waals surface area contributed by atoms with Gasteiger partial charge in [0.05, 0.1) is 23.3 Å². The summed E-state index contributed by atoms with van der Waals surface area (Å²) in [7, 11) is -3.84. The highest BCUT2D eigenvalue weighted by Crippen LogP contribution is 2.32. The fourth-order valence-electron chi connectivity index (χ4n) is 4.22. The van der Waals surface area contributed by atoms with E-state index in [4.69, 9.17) is 10.5 Å². The van der Waals surface area contributed by atoms with Gasteiger partial charge in [0, 0.05) is 31.4 Å². The number of aromatic nitrogens is 1. The minimum absolute atomic E-state index is 0.0799. The van der Waals surface area contributed by atoms with Crippen molar-refractivity contribution in [3.63, 3.8) is 0 Å². The van der Waals surface area contributed by atoms with Gasteiger partial charge in [-0.3, -0.25) is 14.5 Å². The smallest absolute Gasteiger partial charge is 0.344 e. The Morgan fingerprint density at radius 2 is 2.03 bits per heavy atom. The predicted molar refractivity (Wildman–Crippen MR) is 122 cm³/mol. The van der Waals surface area contributed by atoms with Crippen molar-refractivity contribution in [2.24, 2.45) is 16.0 Å². The van der Waals surface area contributed by atoms with E-state index < -0.39 is 15.6 Å². The number of nitrogens with one attached hydrogen (secondary N) is 1. The molecule has 1 atom stereocenters. The Hall–Kier alpha value is -3.14. The number of fused-ring (bicyclic) bond motifs is 1. The number of carbonyl (C=O) groups is 1. The lowest BCUT2D eigenvalue weighted by Crippen LogP contribution is -2.48. The molecule has 1 saturated heterocycles. The zero-order chi connectivity index (χ0) is 22.9. The molecule has 2 aromatic rings. The molecule has 3 N–H and O–H groups in total. The summed E-state index contributed by atoms with van der Waals surface area (Å²) in [6.07, 6.45) is 5.23. The van der Waals surface area contributed by atoms with Gasteiger partial charge in [-0.25, -0.2) is 0 Å². The topological polar surface area (TPSA) is 127 Å². The first-order chi connectivity index (χ1) is 15.2. The first-order valence-corrected chi connectivity index (χ1v) is 12.0. The van der Waals surface area contributed by atoms with E-state index in [0.717, 1.165) is 18.4 Å². The highest BCUT2D eigenvalue weighted by Gasteiger charge is 2.36. The number of amidine groups is 1. The van der Waals surface area contributed by atoms with Gasteiger partial charge >= 0.3 is 10.2 Å². The molecule has 4 rings (SSSR count). The molecule has 2 aliphatic rings. The number of nitrogens with zero attached hydrogens (tertiary/aromatic N) is 3. The number of pyridine rings is 1. The molecule has 1 fully saturated rings. The second-order valence-electron chi connectivity index (χ2n) is 8.66. The van der Waals surface area contributed by atoms with Crippen molar-refractivity contribution in [3.05, 3.63) is 53.9 Å². The maximum Gasteiger partial charge on any atom is 0.344 e. The number of likely N-dealkylation sites (tertiary alicyclic amines) is 1. The maximum absolute atomic E-state index is 13.3. The van der Waals surface area contributed by atoms with Crippen LogP contribution in [0.15, 0.2) is 47.1 Å². The Morgan fingerprint density at radius 3 is 2.78 bits per heavy atom. The molecule has 1 aromatic carbocycles. The van der Waals surface area contributed by atoms with Crippen LogP contribution >= 0.6 is 0 Å². The third-order valence-corrected chi connectivity index (χ3v) is 6.87. The molecule has 170 valence electrons. The van der Waals surface area contributed by atoms with Crippen LogP contribution in [0.4, 0.5) is 5.69 Å². The molecule has 9 nitrogen and oxygen atoms in total. The zero-order valence-corrected chi connectivity index (χ0v) is 18.9. The summed E-state index contributed by atoms with van der Waals surface area (Å²) in [6, 6.07) is 8.80. The average molecular weight is 458 g/mol. The van der Waals surface area contributed by atoms with Crippen molar-refractivity contribution in [1.82, 2.24) is 9.88 Å². The van der Waals surface area contributed by atoms with Gasteiger partial charge < -0.3 is 15.4 Å². The van der Waals surface area contributed by atoms with Crippen LogP contribution < -0.4 is 15.2 Å². The number of rotatable bonds is 5. The molecule has 0 unspecified atom stereocenters. The second-order valence-corrected chi connectivity index (χ2v) is 10.0. The number of hydrogen-bond acceptors (Lipinski definition) is 6. The van der Waals surface area contributed by atoms with Crippen LogP contribution in [0.25, 0.3) is 0 Å². The summed E-state index contributed by atoms with van der Waals surface area (Å²) in [4.78, 5) is 19.3. The Labute approximate surface area is 187 Å². The minimum atomic E-state index is -3.84. The van der Waals surface area contributed by atoms with E-state index in [1.807, 2.05) is 30.9 Å². The standard InChI is InChI=1S/C22H27N5O4S/c1-22(2,16-8-10-24-11-9-16)21(28)27-12-4-5-15(13-27)14-31-18-7-3-6-17-19(18)20(23)26-32(29,30)25-17/h3,6-11,15,25H,4-5,12-14H2,1-2H3,(H2,23,26)/t15-/m0/s1. The van der Waals surface area contributed by atoms with Crippen molar-refractivity contribution in [1.29, 1.82) is 0 Å². The fourth-order valence-corrected chi connectivity index (χ4v) is 5.06. The Morgan fingerprint density at radius 1 is 1.28 bits per heavy atom. The van der Waals surface area contributed by atoms with E-state index in [2.05, 4.69) is 14.1 Å². The molecule has 32 heavy (non-hydrogen) atoms. The van der Waals surface area contributed by atoms with E-state index in [0.29, 0.717) is 36.7 Å². The second kappa shape index (κ2) is 8.42. The number of piperidine rings is 1. The molecular formula is C22H27N5O4S. The van der Waals surface area contributed by atoms with Gasteiger partial charge in [-0.05, 0) is 56.5 Å². The zero-order valence-electron chi connectivity index (χ0n) is 18.1. The van der Waals surface area contributed by atoms with E-state index in [9.17, 15) is 13.2 Å². The molecule has 2 aliphatic heterocycles. The number of carbonyl (C=O) groups excluding carboxylic acids is 1. The SMILES string of the molecule is CC(C)(C(=O)N1CCC[C@H](COc2cccc3c2C(N)=NS(=O)(=O)N3)C1)c1ccncc1. The summed E-state index contributed by atoms with van der Waals surface area (Å²) in [5.74, 6) is 0.590. The predicted octanol–water partition coefficient (Wildman–Crippen LogP) is 2.05. The molecular weight excluding hydrogens is 430 g/mol. The van der Waals surface area contributed by atoms with Crippen molar-refractivity contribution in [3.8, 4) is 5.75 Å². The normalized spacial score (nSPS) is 20.0. The molecule has 1 aromatic heterocycles. The van der Waals surface area contributed by atoms with Gasteiger partial charge in [0.15, 0.2) is 5.84 Å². The molecule has 0 spiro atoms. The lowest BCUT2D eigenvalue weighted by atomic mass is 9.83. The average Bonchev–Trinajstić information content (AvgIpc) is 2.76. The fraction of sp³-hybridized carbons (Fsp3) is 0.409. The summed E-state index contributed by atoms with van der Waals surface area (Å²) >= 11 is 0. The third-order valence-electron chi connectivity index (χ3n) is 5.96.